The number of imide groups is 1. The fourth-order valence-corrected chi connectivity index (χ4v) is 1.76. The molecule has 9 nitrogen and oxygen atoms in total. The lowest BCUT2D eigenvalue weighted by Crippen LogP contribution is -2.41. The number of esters is 1. The van der Waals surface area contributed by atoms with E-state index in [0.29, 0.717) is 5.69 Å². The number of carbonyl (C=O) groups excluding carboxylic acids is 3. The smallest absolute Gasteiger partial charge is 0.360 e. The molecule has 3 amide bonds. The van der Waals surface area contributed by atoms with E-state index in [4.69, 9.17) is 0 Å². The zero-order valence-corrected chi connectivity index (χ0v) is 12.6. The van der Waals surface area contributed by atoms with Gasteiger partial charge < -0.3 is 10.1 Å². The van der Waals surface area contributed by atoms with Gasteiger partial charge in [-0.05, 0) is 12.8 Å². The van der Waals surface area contributed by atoms with Gasteiger partial charge >= 0.3 is 12.0 Å². The molecule has 1 atom stereocenters. The van der Waals surface area contributed by atoms with Crippen LogP contribution in [0, 0.1) is 0 Å². The van der Waals surface area contributed by atoms with Crippen LogP contribution < -0.4 is 10.6 Å². The summed E-state index contributed by atoms with van der Waals surface area (Å²) in [5, 5.41) is 12.0. The van der Waals surface area contributed by atoms with Crippen molar-refractivity contribution >= 4 is 17.9 Å². The maximum Gasteiger partial charge on any atom is 0.360 e. The Balaban J connectivity index is 3.12. The summed E-state index contributed by atoms with van der Waals surface area (Å²) in [5.74, 6) is -1.29. The Morgan fingerprint density at radius 3 is 2.33 bits per heavy atom. The van der Waals surface area contributed by atoms with E-state index in [2.05, 4.69) is 25.7 Å². The fraction of sp³-hybridized carbons (Fsp3) is 0.583. The molecule has 116 valence electrons. The average molecular weight is 297 g/mol. The van der Waals surface area contributed by atoms with E-state index >= 15 is 0 Å². The van der Waals surface area contributed by atoms with Crippen LogP contribution in [-0.4, -0.2) is 47.1 Å². The molecule has 0 aliphatic carbocycles. The minimum Gasteiger partial charge on any atom is -0.464 e. The van der Waals surface area contributed by atoms with Crippen LogP contribution in [0.3, 0.4) is 0 Å². The van der Waals surface area contributed by atoms with Crippen LogP contribution in [0.25, 0.3) is 0 Å². The largest absolute Gasteiger partial charge is 0.464 e. The zero-order chi connectivity index (χ0) is 16.2. The van der Waals surface area contributed by atoms with Gasteiger partial charge in [0.15, 0.2) is 5.69 Å². The van der Waals surface area contributed by atoms with Crippen LogP contribution in [0.4, 0.5) is 4.79 Å². The number of nitrogens with zero attached hydrogens (tertiary/aromatic N) is 3. The minimum atomic E-state index is -0.800. The Morgan fingerprint density at radius 1 is 1.24 bits per heavy atom. The number of methoxy groups -OCH3 is 1. The normalized spacial score (nSPS) is 11.9. The summed E-state index contributed by atoms with van der Waals surface area (Å²) in [7, 11) is 2.64. The molecule has 1 rings (SSSR count). The highest BCUT2D eigenvalue weighted by Crippen LogP contribution is 2.21. The maximum atomic E-state index is 12.0. The van der Waals surface area contributed by atoms with E-state index < -0.39 is 23.9 Å². The molecule has 1 heterocycles. The summed E-state index contributed by atoms with van der Waals surface area (Å²) < 4.78 is 5.96. The lowest BCUT2D eigenvalue weighted by atomic mass is 10.1. The molecule has 0 bridgehead atoms. The first kappa shape index (κ1) is 16.6. The highest BCUT2D eigenvalue weighted by Gasteiger charge is 2.28. The SMILES string of the molecule is CNC(=O)NC(=O)C(C)n1nnc(C(=O)OC)c1C(C)C. The van der Waals surface area contributed by atoms with E-state index in [1.165, 1.54) is 18.8 Å². The van der Waals surface area contributed by atoms with Gasteiger partial charge in [-0.25, -0.2) is 14.3 Å². The topological polar surface area (TPSA) is 115 Å². The third-order valence-corrected chi connectivity index (χ3v) is 2.87. The molecule has 1 aromatic rings. The summed E-state index contributed by atoms with van der Waals surface area (Å²) in [6, 6.07) is -1.42. The Labute approximate surface area is 122 Å². The summed E-state index contributed by atoms with van der Waals surface area (Å²) in [4.78, 5) is 34.8. The van der Waals surface area contributed by atoms with Gasteiger partial charge in [0.1, 0.15) is 6.04 Å². The monoisotopic (exact) mass is 297 g/mol. The Bertz CT molecular complexity index is 552. The van der Waals surface area contributed by atoms with Gasteiger partial charge in [-0.15, -0.1) is 5.10 Å². The molecule has 0 radical (unpaired) electrons. The predicted octanol–water partition coefficient (Wildman–Crippen LogP) is 0.205. The molecule has 0 aliphatic rings. The highest BCUT2D eigenvalue weighted by molar-refractivity contribution is 5.96. The molecule has 0 saturated carbocycles. The number of nitrogens with one attached hydrogen (secondary N) is 2. The summed E-state index contributed by atoms with van der Waals surface area (Å²) in [6.07, 6.45) is 0. The third-order valence-electron chi connectivity index (χ3n) is 2.87. The van der Waals surface area contributed by atoms with Gasteiger partial charge in [0.2, 0.25) is 0 Å². The lowest BCUT2D eigenvalue weighted by molar-refractivity contribution is -0.123. The third kappa shape index (κ3) is 3.56. The Hall–Kier alpha value is -2.45. The molecule has 0 saturated heterocycles. The number of aromatic nitrogens is 3. The Morgan fingerprint density at radius 2 is 1.86 bits per heavy atom. The zero-order valence-electron chi connectivity index (χ0n) is 12.6. The number of ether oxygens (including phenoxy) is 1. The number of rotatable bonds is 4. The van der Waals surface area contributed by atoms with Crippen LogP contribution in [0.1, 0.15) is 48.9 Å². The second kappa shape index (κ2) is 6.82. The minimum absolute atomic E-state index is 0.0621. The van der Waals surface area contributed by atoms with Crippen LogP contribution in [-0.2, 0) is 9.53 Å². The standard InChI is InChI=1S/C12H19N5O4/c1-6(2)9-8(11(19)21-5)15-16-17(9)7(3)10(18)14-12(20)13-4/h6-7H,1-5H3,(H2,13,14,18,20). The van der Waals surface area contributed by atoms with Crippen molar-refractivity contribution in [2.24, 2.45) is 0 Å². The maximum absolute atomic E-state index is 12.0. The average Bonchev–Trinajstić information content (AvgIpc) is 2.90. The first-order chi connectivity index (χ1) is 9.83. The predicted molar refractivity (Wildman–Crippen MR) is 72.8 cm³/mol. The summed E-state index contributed by atoms with van der Waals surface area (Å²) in [5.41, 5.74) is 0.536. The van der Waals surface area contributed by atoms with Crippen molar-refractivity contribution in [3.8, 4) is 0 Å². The molecule has 0 aromatic carbocycles. The summed E-state index contributed by atoms with van der Waals surface area (Å²) in [6.45, 7) is 5.23. The van der Waals surface area contributed by atoms with Crippen molar-refractivity contribution < 1.29 is 19.1 Å². The van der Waals surface area contributed by atoms with Crippen molar-refractivity contribution in [3.05, 3.63) is 11.4 Å². The quantitative estimate of drug-likeness (QED) is 0.767. The molecule has 0 spiro atoms. The van der Waals surface area contributed by atoms with Gasteiger partial charge in [0.05, 0.1) is 12.8 Å². The first-order valence-corrected chi connectivity index (χ1v) is 6.39. The van der Waals surface area contributed by atoms with Crippen molar-refractivity contribution in [2.75, 3.05) is 14.2 Å². The van der Waals surface area contributed by atoms with Crippen LogP contribution in [0.2, 0.25) is 0 Å². The molecule has 0 fully saturated rings. The van der Waals surface area contributed by atoms with E-state index in [1.54, 1.807) is 6.92 Å². The second-order valence-electron chi connectivity index (χ2n) is 4.66. The number of hydrogen-bond donors (Lipinski definition) is 2. The first-order valence-electron chi connectivity index (χ1n) is 6.39. The second-order valence-corrected chi connectivity index (χ2v) is 4.66. The van der Waals surface area contributed by atoms with Crippen molar-refractivity contribution in [1.29, 1.82) is 0 Å². The molecule has 21 heavy (non-hydrogen) atoms. The molecule has 1 unspecified atom stereocenters. The van der Waals surface area contributed by atoms with E-state index in [-0.39, 0.29) is 11.6 Å². The summed E-state index contributed by atoms with van der Waals surface area (Å²) >= 11 is 0. The van der Waals surface area contributed by atoms with Crippen LogP contribution >= 0.6 is 0 Å². The number of hydrogen-bond acceptors (Lipinski definition) is 6. The van der Waals surface area contributed by atoms with Gasteiger partial charge in [0, 0.05) is 7.05 Å². The van der Waals surface area contributed by atoms with Crippen molar-refractivity contribution in [1.82, 2.24) is 25.6 Å². The number of urea groups is 1. The Kier molecular flexibility index (Phi) is 5.39. The molecule has 0 aliphatic heterocycles. The number of carbonyl (C=O) groups is 3. The molecule has 2 N–H and O–H groups in total. The fourth-order valence-electron chi connectivity index (χ4n) is 1.76. The van der Waals surface area contributed by atoms with Crippen LogP contribution in [0.15, 0.2) is 0 Å². The van der Waals surface area contributed by atoms with Gasteiger partial charge in [-0.1, -0.05) is 19.1 Å². The van der Waals surface area contributed by atoms with E-state index in [1.807, 2.05) is 13.8 Å². The van der Waals surface area contributed by atoms with Gasteiger partial charge in [0.25, 0.3) is 5.91 Å². The molecular weight excluding hydrogens is 278 g/mol. The molecule has 1 aromatic heterocycles. The van der Waals surface area contributed by atoms with Crippen molar-refractivity contribution in [2.45, 2.75) is 32.7 Å². The lowest BCUT2D eigenvalue weighted by Gasteiger charge is -2.16. The highest BCUT2D eigenvalue weighted by atomic mass is 16.5. The van der Waals surface area contributed by atoms with E-state index in [9.17, 15) is 14.4 Å². The van der Waals surface area contributed by atoms with Gasteiger partial charge in [-0.3, -0.25) is 10.1 Å². The van der Waals surface area contributed by atoms with Crippen molar-refractivity contribution in [3.63, 3.8) is 0 Å². The van der Waals surface area contributed by atoms with E-state index in [0.717, 1.165) is 0 Å². The molecular formula is C12H19N5O4. The number of amides is 3. The molecule has 9 heteroatoms. The van der Waals surface area contributed by atoms with Gasteiger partial charge in [-0.2, -0.15) is 0 Å². The van der Waals surface area contributed by atoms with Crippen LogP contribution in [0.5, 0.6) is 0 Å².